The number of nitrogens with zero attached hydrogens (tertiary/aromatic N) is 2. The standard InChI is InChI=1S/C21H36N4O.HI/c1-4-22-21(23-13-6-16-26-5-2)24-17-19-7-9-20(10-8-19)25-14-11-18(3)12-15-25;/h7-10,18H,4-6,11-17H2,1-3H3,(H2,22,23,24);1H. The van der Waals surface area contributed by atoms with Gasteiger partial charge in [-0.25, -0.2) is 4.99 Å². The number of piperidine rings is 1. The molecule has 0 bridgehead atoms. The molecule has 1 aliphatic rings. The van der Waals surface area contributed by atoms with Crippen molar-refractivity contribution in [3.63, 3.8) is 0 Å². The number of nitrogens with one attached hydrogen (secondary N) is 2. The van der Waals surface area contributed by atoms with Gasteiger partial charge in [0.05, 0.1) is 6.54 Å². The van der Waals surface area contributed by atoms with Crippen molar-refractivity contribution in [2.45, 2.75) is 46.6 Å². The lowest BCUT2D eigenvalue weighted by molar-refractivity contribution is 0.145. The number of halogens is 1. The topological polar surface area (TPSA) is 48.9 Å². The van der Waals surface area contributed by atoms with E-state index in [0.29, 0.717) is 6.54 Å². The van der Waals surface area contributed by atoms with Gasteiger partial charge in [-0.1, -0.05) is 19.1 Å². The van der Waals surface area contributed by atoms with Crippen molar-refractivity contribution in [1.82, 2.24) is 10.6 Å². The van der Waals surface area contributed by atoms with Crippen LogP contribution in [0.2, 0.25) is 0 Å². The smallest absolute Gasteiger partial charge is 0.191 e. The fourth-order valence-corrected chi connectivity index (χ4v) is 3.12. The quantitative estimate of drug-likeness (QED) is 0.239. The van der Waals surface area contributed by atoms with Gasteiger partial charge in [0.15, 0.2) is 5.96 Å². The van der Waals surface area contributed by atoms with E-state index in [2.05, 4.69) is 53.6 Å². The molecule has 0 aromatic heterocycles. The maximum atomic E-state index is 5.37. The van der Waals surface area contributed by atoms with Crippen LogP contribution in [0, 0.1) is 5.92 Å². The Kier molecular flexibility index (Phi) is 12.5. The maximum Gasteiger partial charge on any atom is 0.191 e. The molecule has 0 aliphatic carbocycles. The molecule has 6 heteroatoms. The van der Waals surface area contributed by atoms with E-state index < -0.39 is 0 Å². The minimum absolute atomic E-state index is 0. The highest BCUT2D eigenvalue weighted by atomic mass is 127. The summed E-state index contributed by atoms with van der Waals surface area (Å²) in [5.41, 5.74) is 2.58. The number of hydrogen-bond acceptors (Lipinski definition) is 3. The molecule has 2 N–H and O–H groups in total. The Bertz CT molecular complexity index is 527. The summed E-state index contributed by atoms with van der Waals surface area (Å²) in [6.07, 6.45) is 3.58. The molecule has 1 saturated heterocycles. The van der Waals surface area contributed by atoms with E-state index in [-0.39, 0.29) is 24.0 Å². The van der Waals surface area contributed by atoms with E-state index in [1.165, 1.54) is 37.2 Å². The Morgan fingerprint density at radius 2 is 1.85 bits per heavy atom. The Morgan fingerprint density at radius 1 is 1.15 bits per heavy atom. The molecule has 154 valence electrons. The minimum atomic E-state index is 0. The molecule has 0 atom stereocenters. The summed E-state index contributed by atoms with van der Waals surface area (Å²) >= 11 is 0. The first-order chi connectivity index (χ1) is 12.7. The summed E-state index contributed by atoms with van der Waals surface area (Å²) < 4.78 is 5.37. The summed E-state index contributed by atoms with van der Waals surface area (Å²) in [5, 5.41) is 6.67. The average Bonchev–Trinajstić information content (AvgIpc) is 2.67. The third kappa shape index (κ3) is 9.14. The lowest BCUT2D eigenvalue weighted by Crippen LogP contribution is -2.38. The maximum absolute atomic E-state index is 5.37. The predicted molar refractivity (Wildman–Crippen MR) is 126 cm³/mol. The summed E-state index contributed by atoms with van der Waals surface area (Å²) in [6, 6.07) is 8.89. The normalized spacial score (nSPS) is 15.4. The molecule has 1 heterocycles. The van der Waals surface area contributed by atoms with E-state index in [0.717, 1.165) is 44.6 Å². The van der Waals surface area contributed by atoms with Crippen LogP contribution >= 0.6 is 24.0 Å². The molecule has 1 aliphatic heterocycles. The van der Waals surface area contributed by atoms with E-state index in [1.807, 2.05) is 6.92 Å². The van der Waals surface area contributed by atoms with Gasteiger partial charge in [0.1, 0.15) is 0 Å². The number of ether oxygens (including phenoxy) is 1. The van der Waals surface area contributed by atoms with Crippen LogP contribution in [-0.2, 0) is 11.3 Å². The highest BCUT2D eigenvalue weighted by Crippen LogP contribution is 2.23. The fraction of sp³-hybridized carbons (Fsp3) is 0.667. The summed E-state index contributed by atoms with van der Waals surface area (Å²) in [6.45, 7) is 12.8. The molecule has 1 aromatic rings. The molecule has 1 aromatic carbocycles. The first kappa shape index (κ1) is 24.0. The molecule has 2 rings (SSSR count). The molecule has 27 heavy (non-hydrogen) atoms. The molecule has 0 saturated carbocycles. The second-order valence-corrected chi connectivity index (χ2v) is 7.01. The predicted octanol–water partition coefficient (Wildman–Crippen LogP) is 4.02. The highest BCUT2D eigenvalue weighted by Gasteiger charge is 2.15. The Morgan fingerprint density at radius 3 is 2.48 bits per heavy atom. The lowest BCUT2D eigenvalue weighted by Gasteiger charge is -2.32. The minimum Gasteiger partial charge on any atom is -0.382 e. The van der Waals surface area contributed by atoms with Gasteiger partial charge in [0.2, 0.25) is 0 Å². The van der Waals surface area contributed by atoms with Crippen LogP contribution in [0.4, 0.5) is 5.69 Å². The van der Waals surface area contributed by atoms with E-state index in [9.17, 15) is 0 Å². The molecule has 1 fully saturated rings. The van der Waals surface area contributed by atoms with Crippen molar-refractivity contribution in [2.24, 2.45) is 10.9 Å². The van der Waals surface area contributed by atoms with Crippen molar-refractivity contribution in [3.05, 3.63) is 29.8 Å². The molecule has 0 unspecified atom stereocenters. The zero-order valence-electron chi connectivity index (χ0n) is 17.2. The van der Waals surface area contributed by atoms with Crippen molar-refractivity contribution in [3.8, 4) is 0 Å². The number of rotatable bonds is 9. The Balaban J connectivity index is 0.00000364. The van der Waals surface area contributed by atoms with Gasteiger partial charge in [-0.15, -0.1) is 24.0 Å². The van der Waals surface area contributed by atoms with Crippen LogP contribution in [0.15, 0.2) is 29.3 Å². The van der Waals surface area contributed by atoms with Crippen LogP contribution in [0.5, 0.6) is 0 Å². The van der Waals surface area contributed by atoms with Crippen molar-refractivity contribution >= 4 is 35.6 Å². The van der Waals surface area contributed by atoms with Crippen molar-refractivity contribution in [1.29, 1.82) is 0 Å². The number of benzene rings is 1. The van der Waals surface area contributed by atoms with E-state index >= 15 is 0 Å². The van der Waals surface area contributed by atoms with Crippen molar-refractivity contribution < 1.29 is 4.74 Å². The number of anilines is 1. The van der Waals surface area contributed by atoms with Gasteiger partial charge >= 0.3 is 0 Å². The van der Waals surface area contributed by atoms with Crippen LogP contribution in [-0.4, -0.2) is 45.4 Å². The zero-order valence-corrected chi connectivity index (χ0v) is 19.5. The highest BCUT2D eigenvalue weighted by molar-refractivity contribution is 14.0. The van der Waals surface area contributed by atoms with Gasteiger partial charge in [-0.2, -0.15) is 0 Å². The Hall–Kier alpha value is -1.02. The third-order valence-electron chi connectivity index (χ3n) is 4.81. The van der Waals surface area contributed by atoms with Crippen LogP contribution in [0.3, 0.4) is 0 Å². The molecular formula is C21H37IN4O. The first-order valence-corrected chi connectivity index (χ1v) is 10.2. The van der Waals surface area contributed by atoms with E-state index in [1.54, 1.807) is 0 Å². The molecule has 5 nitrogen and oxygen atoms in total. The first-order valence-electron chi connectivity index (χ1n) is 10.2. The second-order valence-electron chi connectivity index (χ2n) is 7.01. The second kappa shape index (κ2) is 14.0. The largest absolute Gasteiger partial charge is 0.382 e. The monoisotopic (exact) mass is 488 g/mol. The third-order valence-corrected chi connectivity index (χ3v) is 4.81. The van der Waals surface area contributed by atoms with Crippen LogP contribution in [0.25, 0.3) is 0 Å². The zero-order chi connectivity index (χ0) is 18.6. The van der Waals surface area contributed by atoms with Crippen LogP contribution < -0.4 is 15.5 Å². The van der Waals surface area contributed by atoms with E-state index in [4.69, 9.17) is 9.73 Å². The van der Waals surface area contributed by atoms with Gasteiger partial charge in [-0.3, -0.25) is 0 Å². The number of aliphatic imine (C=N–C) groups is 1. The Labute approximate surface area is 182 Å². The SMILES string of the molecule is CCNC(=NCc1ccc(N2CCC(C)CC2)cc1)NCCCOCC.I. The molecule has 0 radical (unpaired) electrons. The lowest BCUT2D eigenvalue weighted by atomic mass is 9.99. The summed E-state index contributed by atoms with van der Waals surface area (Å²) in [7, 11) is 0. The molecular weight excluding hydrogens is 451 g/mol. The summed E-state index contributed by atoms with van der Waals surface area (Å²) in [4.78, 5) is 7.19. The molecule has 0 spiro atoms. The van der Waals surface area contributed by atoms with Gasteiger partial charge in [-0.05, 0) is 56.7 Å². The fourth-order valence-electron chi connectivity index (χ4n) is 3.12. The average molecular weight is 488 g/mol. The van der Waals surface area contributed by atoms with Crippen LogP contribution in [0.1, 0.15) is 45.6 Å². The number of guanidine groups is 1. The molecule has 0 amide bonds. The van der Waals surface area contributed by atoms with Gasteiger partial charge < -0.3 is 20.3 Å². The van der Waals surface area contributed by atoms with Crippen molar-refractivity contribution in [2.75, 3.05) is 44.3 Å². The summed E-state index contributed by atoms with van der Waals surface area (Å²) in [5.74, 6) is 1.74. The van der Waals surface area contributed by atoms with Gasteiger partial charge in [0, 0.05) is 45.1 Å². The van der Waals surface area contributed by atoms with Gasteiger partial charge in [0.25, 0.3) is 0 Å². The number of hydrogen-bond donors (Lipinski definition) is 2.